The third-order valence-electron chi connectivity index (χ3n) is 5.29. The zero-order chi connectivity index (χ0) is 23.0. The number of aromatic nitrogens is 4. The first-order chi connectivity index (χ1) is 15.2. The van der Waals surface area contributed by atoms with E-state index in [4.69, 9.17) is 0 Å². The van der Waals surface area contributed by atoms with Crippen molar-refractivity contribution in [3.05, 3.63) is 82.2 Å². The molecule has 0 saturated heterocycles. The number of amides is 1. The predicted octanol–water partition coefficient (Wildman–Crippen LogP) is 3.77. The Bertz CT molecular complexity index is 1370. The van der Waals surface area contributed by atoms with Gasteiger partial charge >= 0.3 is 6.18 Å². The molecule has 0 radical (unpaired) electrons. The second-order valence-electron chi connectivity index (χ2n) is 7.23. The summed E-state index contributed by atoms with van der Waals surface area (Å²) < 4.78 is 41.0. The van der Waals surface area contributed by atoms with Gasteiger partial charge in [0.1, 0.15) is 5.69 Å². The summed E-state index contributed by atoms with van der Waals surface area (Å²) in [5.41, 5.74) is 0.282. The van der Waals surface area contributed by atoms with Crippen molar-refractivity contribution >= 4 is 16.8 Å². The summed E-state index contributed by atoms with van der Waals surface area (Å²) in [7, 11) is 1.53. The molecule has 2 N–H and O–H groups in total. The summed E-state index contributed by atoms with van der Waals surface area (Å²) >= 11 is 0. The molecule has 4 aromatic rings. The number of H-pyrrole nitrogens is 1. The van der Waals surface area contributed by atoms with Gasteiger partial charge in [0.05, 0.1) is 29.5 Å². The fourth-order valence-electron chi connectivity index (χ4n) is 3.54. The lowest BCUT2D eigenvalue weighted by molar-refractivity contribution is -0.140. The van der Waals surface area contributed by atoms with Gasteiger partial charge in [-0.15, -0.1) is 0 Å². The maximum Gasteiger partial charge on any atom is 0.433 e. The van der Waals surface area contributed by atoms with Gasteiger partial charge in [-0.1, -0.05) is 18.2 Å². The van der Waals surface area contributed by atoms with Crippen molar-refractivity contribution in [2.45, 2.75) is 19.1 Å². The van der Waals surface area contributed by atoms with Crippen LogP contribution in [0, 0.1) is 0 Å². The molecule has 1 unspecified atom stereocenters. The minimum Gasteiger partial charge on any atom is -0.355 e. The smallest absolute Gasteiger partial charge is 0.355 e. The lowest BCUT2D eigenvalue weighted by atomic mass is 10.0. The molecule has 10 heteroatoms. The van der Waals surface area contributed by atoms with E-state index in [0.717, 1.165) is 11.8 Å². The van der Waals surface area contributed by atoms with Crippen LogP contribution < -0.4 is 10.9 Å². The van der Waals surface area contributed by atoms with Gasteiger partial charge in [-0.25, -0.2) is 4.98 Å². The molecule has 0 aliphatic heterocycles. The molecule has 2 aromatic heterocycles. The molecular weight excluding hydrogens is 423 g/mol. The number of halogens is 3. The second kappa shape index (κ2) is 7.95. The highest BCUT2D eigenvalue weighted by Crippen LogP contribution is 2.35. The van der Waals surface area contributed by atoms with Gasteiger partial charge in [0.15, 0.2) is 0 Å². The lowest BCUT2D eigenvalue weighted by Crippen LogP contribution is -2.25. The fraction of sp³-hybridized carbons (Fsp3) is 0.182. The Morgan fingerprint density at radius 2 is 1.97 bits per heavy atom. The van der Waals surface area contributed by atoms with Crippen LogP contribution in [0.1, 0.15) is 34.6 Å². The first-order valence-corrected chi connectivity index (χ1v) is 9.64. The summed E-state index contributed by atoms with van der Waals surface area (Å²) in [5, 5.41) is 8.29. The summed E-state index contributed by atoms with van der Waals surface area (Å²) in [6, 6.07) is 10.8. The summed E-state index contributed by atoms with van der Waals surface area (Å²) in [6.45, 7) is 1.80. The number of aromatic amines is 1. The molecule has 0 aliphatic carbocycles. The van der Waals surface area contributed by atoms with E-state index in [-0.39, 0.29) is 33.5 Å². The third kappa shape index (κ3) is 3.75. The van der Waals surface area contributed by atoms with Crippen molar-refractivity contribution in [2.24, 2.45) is 0 Å². The molecule has 0 saturated carbocycles. The fourth-order valence-corrected chi connectivity index (χ4v) is 3.54. The Hall–Kier alpha value is -3.95. The third-order valence-corrected chi connectivity index (χ3v) is 5.29. The van der Waals surface area contributed by atoms with Crippen molar-refractivity contribution < 1.29 is 18.0 Å². The minimum atomic E-state index is -4.59. The standard InChI is InChI=1S/C22H18F3N5O2/c1-12(13-4-3-5-15(8-13)20(31)26-2)30-11-27-18-9-14(6-7-16(18)21(30)32)17-10-28-29-19(17)22(23,24)25/h3-12H,1-2H3,(H,26,31)(H,28,29). The number of carbonyl (C=O) groups excluding carboxylic acids is 1. The van der Waals surface area contributed by atoms with Gasteiger partial charge < -0.3 is 5.32 Å². The van der Waals surface area contributed by atoms with Gasteiger partial charge in [-0.3, -0.25) is 19.3 Å². The van der Waals surface area contributed by atoms with Gasteiger partial charge in [-0.05, 0) is 42.3 Å². The first-order valence-electron chi connectivity index (χ1n) is 9.64. The number of rotatable bonds is 4. The molecule has 2 heterocycles. The number of alkyl halides is 3. The number of hydrogen-bond donors (Lipinski definition) is 2. The number of nitrogens with one attached hydrogen (secondary N) is 2. The monoisotopic (exact) mass is 441 g/mol. The van der Waals surface area contributed by atoms with Crippen molar-refractivity contribution in [3.63, 3.8) is 0 Å². The first kappa shape index (κ1) is 21.3. The summed E-state index contributed by atoms with van der Waals surface area (Å²) in [4.78, 5) is 29.3. The number of carbonyl (C=O) groups is 1. The van der Waals surface area contributed by atoms with Crippen molar-refractivity contribution in [1.29, 1.82) is 0 Å². The molecule has 1 amide bonds. The van der Waals surface area contributed by atoms with E-state index in [9.17, 15) is 22.8 Å². The van der Waals surface area contributed by atoms with Gasteiger partial charge in [0.25, 0.3) is 11.5 Å². The van der Waals surface area contributed by atoms with Gasteiger partial charge in [0.2, 0.25) is 0 Å². The maximum absolute atomic E-state index is 13.2. The van der Waals surface area contributed by atoms with E-state index >= 15 is 0 Å². The van der Waals surface area contributed by atoms with Gasteiger partial charge in [-0.2, -0.15) is 18.3 Å². The van der Waals surface area contributed by atoms with E-state index in [1.807, 2.05) is 5.10 Å². The van der Waals surface area contributed by atoms with E-state index in [1.54, 1.807) is 31.2 Å². The largest absolute Gasteiger partial charge is 0.433 e. The van der Waals surface area contributed by atoms with Crippen molar-refractivity contribution in [1.82, 2.24) is 25.1 Å². The number of fused-ring (bicyclic) bond motifs is 1. The average molecular weight is 441 g/mol. The Kier molecular flexibility index (Phi) is 5.29. The molecule has 4 rings (SSSR count). The number of nitrogens with zero attached hydrogens (tertiary/aromatic N) is 3. The summed E-state index contributed by atoms with van der Waals surface area (Å²) in [6.07, 6.45) is -2.14. The molecule has 1 atom stereocenters. The average Bonchev–Trinajstić information content (AvgIpc) is 3.29. The normalized spacial score (nSPS) is 12.7. The second-order valence-corrected chi connectivity index (χ2v) is 7.23. The molecule has 0 spiro atoms. The topological polar surface area (TPSA) is 92.7 Å². The van der Waals surface area contributed by atoms with E-state index in [1.165, 1.54) is 36.1 Å². The van der Waals surface area contributed by atoms with Crippen molar-refractivity contribution in [3.8, 4) is 11.1 Å². The van der Waals surface area contributed by atoms with Crippen molar-refractivity contribution in [2.75, 3.05) is 7.05 Å². The van der Waals surface area contributed by atoms with Gasteiger partial charge in [0, 0.05) is 18.2 Å². The van der Waals surface area contributed by atoms with Crippen LogP contribution >= 0.6 is 0 Å². The van der Waals surface area contributed by atoms with Crippen LogP contribution in [-0.4, -0.2) is 32.7 Å². The lowest BCUT2D eigenvalue weighted by Gasteiger charge is -2.17. The SMILES string of the molecule is CNC(=O)c1cccc(C(C)n2cnc3cc(-c4cn[nH]c4C(F)(F)F)ccc3c2=O)c1. The zero-order valence-electron chi connectivity index (χ0n) is 17.1. The summed E-state index contributed by atoms with van der Waals surface area (Å²) in [5.74, 6) is -0.243. The van der Waals surface area contributed by atoms with E-state index < -0.39 is 17.9 Å². The molecular formula is C22H18F3N5O2. The highest BCUT2D eigenvalue weighted by Gasteiger charge is 2.36. The number of hydrogen-bond acceptors (Lipinski definition) is 4. The van der Waals surface area contributed by atoms with Crippen LogP contribution in [0.4, 0.5) is 13.2 Å². The molecule has 32 heavy (non-hydrogen) atoms. The Labute approximate surface area is 179 Å². The van der Waals surface area contributed by atoms with E-state index in [2.05, 4.69) is 15.4 Å². The Balaban J connectivity index is 1.75. The molecule has 0 aliphatic rings. The quantitative estimate of drug-likeness (QED) is 0.504. The highest BCUT2D eigenvalue weighted by molar-refractivity contribution is 5.94. The highest BCUT2D eigenvalue weighted by atomic mass is 19.4. The van der Waals surface area contributed by atoms with Crippen LogP contribution in [-0.2, 0) is 6.18 Å². The van der Waals surface area contributed by atoms with Crippen LogP contribution in [0.15, 0.2) is 59.8 Å². The Morgan fingerprint density at radius 3 is 2.69 bits per heavy atom. The molecule has 0 fully saturated rings. The van der Waals surface area contributed by atoms with Crippen LogP contribution in [0.5, 0.6) is 0 Å². The molecule has 7 nitrogen and oxygen atoms in total. The molecule has 164 valence electrons. The zero-order valence-corrected chi connectivity index (χ0v) is 17.1. The minimum absolute atomic E-state index is 0.121. The predicted molar refractivity (Wildman–Crippen MR) is 112 cm³/mol. The van der Waals surface area contributed by atoms with Crippen LogP contribution in [0.3, 0.4) is 0 Å². The van der Waals surface area contributed by atoms with E-state index in [0.29, 0.717) is 5.56 Å². The Morgan fingerprint density at radius 1 is 1.19 bits per heavy atom. The van der Waals surface area contributed by atoms with Crippen LogP contribution in [0.25, 0.3) is 22.0 Å². The van der Waals surface area contributed by atoms with Crippen LogP contribution in [0.2, 0.25) is 0 Å². The molecule has 2 aromatic carbocycles. The number of benzene rings is 2. The molecule has 0 bridgehead atoms. The maximum atomic E-state index is 13.2.